The molecule has 1 heterocycles. The third-order valence-corrected chi connectivity index (χ3v) is 6.30. The Labute approximate surface area is 159 Å². The van der Waals surface area contributed by atoms with E-state index in [-0.39, 0.29) is 4.65 Å². The number of nitrogens with zero attached hydrogens (tertiary/aromatic N) is 1. The number of nitrogens with one attached hydrogen (secondary N) is 1. The van der Waals surface area contributed by atoms with Crippen molar-refractivity contribution in [1.82, 2.24) is 4.98 Å². The molecule has 1 fully saturated rings. The summed E-state index contributed by atoms with van der Waals surface area (Å²) in [7, 11) is 0. The van der Waals surface area contributed by atoms with Crippen LogP contribution in [0.3, 0.4) is 0 Å². The lowest BCUT2D eigenvalue weighted by atomic mass is 9.96. The minimum absolute atomic E-state index is 0.00382. The van der Waals surface area contributed by atoms with Crippen molar-refractivity contribution >= 4 is 10.9 Å². The lowest BCUT2D eigenvalue weighted by molar-refractivity contribution is -0.881. The molecule has 0 spiro atoms. The number of aromatic amines is 1. The maximum absolute atomic E-state index is 13.5. The molecule has 3 heteroatoms. The molecule has 1 unspecified atom stereocenters. The van der Waals surface area contributed by atoms with E-state index < -0.39 is 0 Å². The van der Waals surface area contributed by atoms with Gasteiger partial charge in [0.1, 0.15) is 0 Å². The first-order valence-electron chi connectivity index (χ1n) is 10.8. The quantitative estimate of drug-likeness (QED) is 0.325. The first-order valence-corrected chi connectivity index (χ1v) is 10.8. The molecule has 0 saturated heterocycles. The molecule has 3 rings (SSSR count). The number of hydrogen-bond donors (Lipinski definition) is 1. The van der Waals surface area contributed by atoms with E-state index in [0.717, 1.165) is 44.7 Å². The molecule has 1 aromatic carbocycles. The summed E-state index contributed by atoms with van der Waals surface area (Å²) in [5, 5.41) is 14.8. The fourth-order valence-corrected chi connectivity index (χ4v) is 4.51. The highest BCUT2D eigenvalue weighted by atomic mass is 16.5. The second kappa shape index (κ2) is 9.57. The van der Waals surface area contributed by atoms with Crippen LogP contribution >= 0.6 is 0 Å². The Morgan fingerprint density at radius 1 is 1.04 bits per heavy atom. The predicted octanol–water partition coefficient (Wildman–Crippen LogP) is 6.19. The smallest absolute Gasteiger partial charge is 0.0825 e. The third kappa shape index (κ3) is 5.34. The summed E-state index contributed by atoms with van der Waals surface area (Å²) in [5.74, 6) is 0.790. The van der Waals surface area contributed by atoms with Crippen molar-refractivity contribution in [3.8, 4) is 0 Å². The van der Waals surface area contributed by atoms with Gasteiger partial charge in [-0.3, -0.25) is 0 Å². The SMILES string of the molecule is CCCC[N+]([O-])(CCc1c[nH]c2ccccc12)CCC1CCCCCC1. The number of aromatic nitrogens is 1. The summed E-state index contributed by atoms with van der Waals surface area (Å²) in [6.07, 6.45) is 14.5. The minimum Gasteiger partial charge on any atom is -0.633 e. The van der Waals surface area contributed by atoms with Crippen molar-refractivity contribution < 1.29 is 4.65 Å². The first kappa shape index (κ1) is 19.4. The zero-order chi connectivity index (χ0) is 18.2. The number of unbranched alkanes of at least 4 members (excludes halogenated alkanes) is 1. The van der Waals surface area contributed by atoms with Gasteiger partial charge in [0.15, 0.2) is 0 Å². The predicted molar refractivity (Wildman–Crippen MR) is 111 cm³/mol. The molecule has 3 nitrogen and oxygen atoms in total. The fourth-order valence-electron chi connectivity index (χ4n) is 4.51. The summed E-state index contributed by atoms with van der Waals surface area (Å²) in [6, 6.07) is 8.42. The molecule has 0 aliphatic heterocycles. The Bertz CT molecular complexity index is 657. The van der Waals surface area contributed by atoms with Crippen LogP contribution in [-0.4, -0.2) is 29.3 Å². The summed E-state index contributed by atoms with van der Waals surface area (Å²) in [5.41, 5.74) is 2.48. The Morgan fingerprint density at radius 3 is 2.58 bits per heavy atom. The van der Waals surface area contributed by atoms with Crippen molar-refractivity contribution in [3.05, 3.63) is 41.2 Å². The van der Waals surface area contributed by atoms with Crippen LogP contribution in [0.2, 0.25) is 0 Å². The lowest BCUT2D eigenvalue weighted by Crippen LogP contribution is -2.45. The van der Waals surface area contributed by atoms with Crippen molar-refractivity contribution in [3.63, 3.8) is 0 Å². The zero-order valence-electron chi connectivity index (χ0n) is 16.5. The van der Waals surface area contributed by atoms with Gasteiger partial charge in [-0.15, -0.1) is 0 Å². The third-order valence-electron chi connectivity index (χ3n) is 6.30. The normalized spacial score (nSPS) is 18.7. The molecule has 0 amide bonds. The molecule has 0 bridgehead atoms. The molecular formula is C23H36N2O. The monoisotopic (exact) mass is 356 g/mol. The van der Waals surface area contributed by atoms with E-state index in [1.165, 1.54) is 55.0 Å². The van der Waals surface area contributed by atoms with Crippen LogP contribution < -0.4 is 0 Å². The van der Waals surface area contributed by atoms with Crippen LogP contribution in [0.5, 0.6) is 0 Å². The number of hydroxylamine groups is 3. The number of quaternary nitrogens is 1. The topological polar surface area (TPSA) is 38.8 Å². The van der Waals surface area contributed by atoms with E-state index in [1.54, 1.807) is 0 Å². The molecule has 144 valence electrons. The maximum atomic E-state index is 13.5. The van der Waals surface area contributed by atoms with Gasteiger partial charge in [-0.05, 0) is 30.4 Å². The van der Waals surface area contributed by atoms with Crippen LogP contribution in [0, 0.1) is 11.1 Å². The molecule has 1 saturated carbocycles. The van der Waals surface area contributed by atoms with Gasteiger partial charge < -0.3 is 14.8 Å². The number of benzene rings is 1. The van der Waals surface area contributed by atoms with Gasteiger partial charge in [0.25, 0.3) is 0 Å². The van der Waals surface area contributed by atoms with Crippen LogP contribution in [0.1, 0.15) is 70.3 Å². The van der Waals surface area contributed by atoms with Gasteiger partial charge in [0, 0.05) is 23.5 Å². The van der Waals surface area contributed by atoms with Crippen LogP contribution in [0.25, 0.3) is 10.9 Å². The number of rotatable bonds is 9. The Hall–Kier alpha value is -1.32. The van der Waals surface area contributed by atoms with Gasteiger partial charge in [-0.25, -0.2) is 0 Å². The molecule has 2 aromatic rings. The van der Waals surface area contributed by atoms with E-state index in [4.69, 9.17) is 0 Å². The van der Waals surface area contributed by atoms with Gasteiger partial charge in [0.05, 0.1) is 19.6 Å². The second-order valence-corrected chi connectivity index (χ2v) is 8.34. The molecule has 1 atom stereocenters. The highest BCUT2D eigenvalue weighted by molar-refractivity contribution is 5.82. The Morgan fingerprint density at radius 2 is 1.81 bits per heavy atom. The molecular weight excluding hydrogens is 320 g/mol. The Balaban J connectivity index is 1.60. The zero-order valence-corrected chi connectivity index (χ0v) is 16.5. The first-order chi connectivity index (χ1) is 12.7. The number of hydrogen-bond acceptors (Lipinski definition) is 1. The summed E-state index contributed by atoms with van der Waals surface area (Å²) < 4.78 is 0.00382. The molecule has 0 radical (unpaired) electrons. The number of H-pyrrole nitrogens is 1. The van der Waals surface area contributed by atoms with E-state index >= 15 is 0 Å². The summed E-state index contributed by atoms with van der Waals surface area (Å²) in [6.45, 7) is 4.50. The minimum atomic E-state index is 0.00382. The van der Waals surface area contributed by atoms with Gasteiger partial charge in [-0.2, -0.15) is 0 Å². The standard InChI is InChI=1S/C23H36N2O/c1-2-3-16-25(26,17-14-20-10-6-4-5-7-11-20)18-15-21-19-24-23-13-9-8-12-22(21)23/h8-9,12-13,19-20,24H,2-7,10-11,14-18H2,1H3. The fraction of sp³-hybridized carbons (Fsp3) is 0.652. The highest BCUT2D eigenvalue weighted by Gasteiger charge is 2.21. The van der Waals surface area contributed by atoms with E-state index in [1.807, 2.05) is 0 Å². The van der Waals surface area contributed by atoms with Crippen molar-refractivity contribution in [2.45, 2.75) is 71.1 Å². The van der Waals surface area contributed by atoms with Crippen molar-refractivity contribution in [2.24, 2.45) is 5.92 Å². The van der Waals surface area contributed by atoms with E-state index in [2.05, 4.69) is 42.4 Å². The molecule has 1 aliphatic rings. The van der Waals surface area contributed by atoms with E-state index in [9.17, 15) is 5.21 Å². The summed E-state index contributed by atoms with van der Waals surface area (Å²) in [4.78, 5) is 3.35. The maximum Gasteiger partial charge on any atom is 0.0825 e. The Kier molecular flexibility index (Phi) is 7.15. The van der Waals surface area contributed by atoms with Gasteiger partial charge >= 0.3 is 0 Å². The number of fused-ring (bicyclic) bond motifs is 1. The van der Waals surface area contributed by atoms with Crippen molar-refractivity contribution in [1.29, 1.82) is 0 Å². The number of para-hydroxylation sites is 1. The second-order valence-electron chi connectivity index (χ2n) is 8.34. The molecule has 26 heavy (non-hydrogen) atoms. The largest absolute Gasteiger partial charge is 0.633 e. The van der Waals surface area contributed by atoms with E-state index in [0.29, 0.717) is 6.54 Å². The molecule has 1 aromatic heterocycles. The lowest BCUT2D eigenvalue weighted by Gasteiger charge is -2.44. The van der Waals surface area contributed by atoms with Gasteiger partial charge in [0.2, 0.25) is 0 Å². The average molecular weight is 357 g/mol. The van der Waals surface area contributed by atoms with Crippen LogP contribution in [0.15, 0.2) is 30.5 Å². The van der Waals surface area contributed by atoms with Crippen molar-refractivity contribution in [2.75, 3.05) is 19.6 Å². The highest BCUT2D eigenvalue weighted by Crippen LogP contribution is 2.27. The molecule has 1 N–H and O–H groups in total. The molecule has 1 aliphatic carbocycles. The van der Waals surface area contributed by atoms with Gasteiger partial charge in [-0.1, -0.05) is 70.1 Å². The average Bonchev–Trinajstić information content (AvgIpc) is 2.89. The van der Waals surface area contributed by atoms with Crippen LogP contribution in [-0.2, 0) is 6.42 Å². The summed E-state index contributed by atoms with van der Waals surface area (Å²) >= 11 is 0. The van der Waals surface area contributed by atoms with Crippen LogP contribution in [0.4, 0.5) is 0 Å².